The zero-order valence-electron chi connectivity index (χ0n) is 18.0. The molecule has 9 heteroatoms. The number of hydrogen-bond acceptors (Lipinski definition) is 6. The summed E-state index contributed by atoms with van der Waals surface area (Å²) in [7, 11) is 1.59. The Balaban J connectivity index is 1.64. The van der Waals surface area contributed by atoms with Gasteiger partial charge in [0, 0.05) is 37.8 Å². The summed E-state index contributed by atoms with van der Waals surface area (Å²) < 4.78 is 6.88. The quantitative estimate of drug-likeness (QED) is 0.668. The molecule has 1 saturated heterocycles. The second kappa shape index (κ2) is 9.23. The minimum absolute atomic E-state index is 0.0579. The lowest BCUT2D eigenvalue weighted by Gasteiger charge is -2.32. The van der Waals surface area contributed by atoms with Crippen molar-refractivity contribution in [3.8, 4) is 0 Å². The van der Waals surface area contributed by atoms with E-state index < -0.39 is 0 Å². The lowest BCUT2D eigenvalue weighted by atomic mass is 9.98. The Morgan fingerprint density at radius 1 is 1.30 bits per heavy atom. The van der Waals surface area contributed by atoms with E-state index in [9.17, 15) is 14.4 Å². The molecule has 3 heterocycles. The fourth-order valence-corrected chi connectivity index (χ4v) is 3.69. The van der Waals surface area contributed by atoms with Crippen LogP contribution in [0.5, 0.6) is 0 Å². The van der Waals surface area contributed by atoms with Crippen LogP contribution in [0.2, 0.25) is 0 Å². The van der Waals surface area contributed by atoms with Gasteiger partial charge in [-0.3, -0.25) is 14.4 Å². The van der Waals surface area contributed by atoms with Gasteiger partial charge in [0.05, 0.1) is 30.8 Å². The minimum atomic E-state index is -0.298. The minimum Gasteiger partial charge on any atom is -0.466 e. The molecule has 2 aromatic rings. The topological polar surface area (TPSA) is 97.6 Å². The summed E-state index contributed by atoms with van der Waals surface area (Å²) in [5.74, 6) is -1.02. The van der Waals surface area contributed by atoms with Gasteiger partial charge in [0.1, 0.15) is 0 Å². The third-order valence-electron chi connectivity index (χ3n) is 5.28. The molecule has 0 spiro atoms. The molecule has 0 aliphatic carbocycles. The van der Waals surface area contributed by atoms with Crippen molar-refractivity contribution in [2.75, 3.05) is 33.3 Å². The summed E-state index contributed by atoms with van der Waals surface area (Å²) in [6, 6.07) is 1.91. The molecule has 1 aliphatic rings. The van der Waals surface area contributed by atoms with E-state index in [1.807, 2.05) is 13.8 Å². The van der Waals surface area contributed by atoms with Crippen molar-refractivity contribution in [3.05, 3.63) is 24.0 Å². The molecule has 0 aromatic carbocycles. The molecule has 2 amide bonds. The summed E-state index contributed by atoms with van der Waals surface area (Å²) in [4.78, 5) is 44.9. The summed E-state index contributed by atoms with van der Waals surface area (Å²) >= 11 is 0. The van der Waals surface area contributed by atoms with E-state index in [2.05, 4.69) is 10.1 Å². The summed E-state index contributed by atoms with van der Waals surface area (Å²) in [5, 5.41) is 5.09. The van der Waals surface area contributed by atoms with Gasteiger partial charge in [-0.15, -0.1) is 0 Å². The number of aromatic nitrogens is 3. The van der Waals surface area contributed by atoms with E-state index in [-0.39, 0.29) is 36.3 Å². The van der Waals surface area contributed by atoms with Gasteiger partial charge >= 0.3 is 5.97 Å². The van der Waals surface area contributed by atoms with Crippen molar-refractivity contribution in [2.45, 2.75) is 39.7 Å². The van der Waals surface area contributed by atoms with Gasteiger partial charge in [-0.1, -0.05) is 0 Å². The maximum Gasteiger partial charge on any atom is 0.310 e. The van der Waals surface area contributed by atoms with Gasteiger partial charge in [-0.2, -0.15) is 5.10 Å². The standard InChI is InChI=1S/C21H29N5O4/c1-5-30-21(29)15-7-6-8-25(12-15)18(27)13-24(4)20(28)17-9-16-11-23-26(14(2)3)19(16)22-10-17/h9-11,14-15H,5-8,12-13H2,1-4H3. The van der Waals surface area contributed by atoms with Gasteiger partial charge in [0.25, 0.3) is 5.91 Å². The monoisotopic (exact) mass is 415 g/mol. The van der Waals surface area contributed by atoms with Crippen LogP contribution in [0, 0.1) is 5.92 Å². The third kappa shape index (κ3) is 4.60. The van der Waals surface area contributed by atoms with E-state index >= 15 is 0 Å². The molecule has 0 saturated carbocycles. The highest BCUT2D eigenvalue weighted by atomic mass is 16.5. The number of pyridine rings is 1. The summed E-state index contributed by atoms with van der Waals surface area (Å²) in [6.45, 7) is 6.98. The number of carbonyl (C=O) groups is 3. The first-order chi connectivity index (χ1) is 14.3. The average molecular weight is 415 g/mol. The number of piperidine rings is 1. The number of rotatable bonds is 6. The van der Waals surface area contributed by atoms with Gasteiger partial charge < -0.3 is 14.5 Å². The van der Waals surface area contributed by atoms with Crippen molar-refractivity contribution < 1.29 is 19.1 Å². The molecule has 0 radical (unpaired) electrons. The Hall–Kier alpha value is -2.97. The Bertz CT molecular complexity index is 939. The lowest BCUT2D eigenvalue weighted by molar-refractivity contribution is -0.151. The van der Waals surface area contributed by atoms with Crippen LogP contribution < -0.4 is 0 Å². The largest absolute Gasteiger partial charge is 0.466 e. The molecule has 1 atom stereocenters. The lowest BCUT2D eigenvalue weighted by Crippen LogP contribution is -2.47. The highest BCUT2D eigenvalue weighted by Crippen LogP contribution is 2.19. The number of likely N-dealkylation sites (tertiary alicyclic amines) is 1. The smallest absolute Gasteiger partial charge is 0.310 e. The molecule has 9 nitrogen and oxygen atoms in total. The number of fused-ring (bicyclic) bond motifs is 1. The Morgan fingerprint density at radius 3 is 2.77 bits per heavy atom. The van der Waals surface area contributed by atoms with Crippen molar-refractivity contribution >= 4 is 28.8 Å². The van der Waals surface area contributed by atoms with E-state index in [1.165, 1.54) is 11.1 Å². The fourth-order valence-electron chi connectivity index (χ4n) is 3.69. The second-order valence-corrected chi connectivity index (χ2v) is 7.91. The molecule has 3 rings (SSSR count). The summed E-state index contributed by atoms with van der Waals surface area (Å²) in [6.07, 6.45) is 4.66. The number of carbonyl (C=O) groups excluding carboxylic acids is 3. The molecule has 1 fully saturated rings. The number of hydrogen-bond donors (Lipinski definition) is 0. The zero-order chi connectivity index (χ0) is 21.8. The van der Waals surface area contributed by atoms with Crippen LogP contribution in [0.15, 0.2) is 18.5 Å². The van der Waals surface area contributed by atoms with Gasteiger partial charge in [-0.25, -0.2) is 9.67 Å². The van der Waals surface area contributed by atoms with Crippen LogP contribution in [0.3, 0.4) is 0 Å². The van der Waals surface area contributed by atoms with Crippen LogP contribution in [0.1, 0.15) is 50.0 Å². The maximum atomic E-state index is 12.8. The molecule has 1 aliphatic heterocycles. The first-order valence-corrected chi connectivity index (χ1v) is 10.3. The van der Waals surface area contributed by atoms with Gasteiger partial charge in [0.15, 0.2) is 5.65 Å². The normalized spacial score (nSPS) is 16.7. The van der Waals surface area contributed by atoms with Crippen molar-refractivity contribution in [2.24, 2.45) is 5.92 Å². The first-order valence-electron chi connectivity index (χ1n) is 10.3. The molecular formula is C21H29N5O4. The molecule has 162 valence electrons. The van der Waals surface area contributed by atoms with Crippen LogP contribution in [0.25, 0.3) is 11.0 Å². The van der Waals surface area contributed by atoms with Crippen LogP contribution in [0.4, 0.5) is 0 Å². The molecule has 0 N–H and O–H groups in total. The highest BCUT2D eigenvalue weighted by Gasteiger charge is 2.30. The molecule has 1 unspecified atom stereocenters. The Morgan fingerprint density at radius 2 is 2.07 bits per heavy atom. The van der Waals surface area contributed by atoms with E-state index in [4.69, 9.17) is 4.74 Å². The predicted octanol–water partition coefficient (Wildman–Crippen LogP) is 1.89. The molecule has 2 aromatic heterocycles. The fraction of sp³-hybridized carbons (Fsp3) is 0.571. The van der Waals surface area contributed by atoms with Crippen molar-refractivity contribution in [1.29, 1.82) is 0 Å². The highest BCUT2D eigenvalue weighted by molar-refractivity contribution is 5.98. The number of ether oxygens (including phenoxy) is 1. The predicted molar refractivity (Wildman–Crippen MR) is 111 cm³/mol. The zero-order valence-corrected chi connectivity index (χ0v) is 18.0. The van der Waals surface area contributed by atoms with E-state index in [0.717, 1.165) is 17.5 Å². The van der Waals surface area contributed by atoms with E-state index in [1.54, 1.807) is 35.8 Å². The van der Waals surface area contributed by atoms with E-state index in [0.29, 0.717) is 31.7 Å². The van der Waals surface area contributed by atoms with Crippen LogP contribution in [-0.2, 0) is 14.3 Å². The number of likely N-dealkylation sites (N-methyl/N-ethyl adjacent to an activating group) is 1. The van der Waals surface area contributed by atoms with Crippen molar-refractivity contribution in [1.82, 2.24) is 24.6 Å². The molecule has 30 heavy (non-hydrogen) atoms. The van der Waals surface area contributed by atoms with Crippen molar-refractivity contribution in [3.63, 3.8) is 0 Å². The number of nitrogens with zero attached hydrogens (tertiary/aromatic N) is 5. The Labute approximate surface area is 176 Å². The average Bonchev–Trinajstić information content (AvgIpc) is 3.17. The van der Waals surface area contributed by atoms with Gasteiger partial charge in [-0.05, 0) is 39.7 Å². The first kappa shape index (κ1) is 21.7. The van der Waals surface area contributed by atoms with Crippen LogP contribution in [-0.4, -0.2) is 75.6 Å². The van der Waals surface area contributed by atoms with Gasteiger partial charge in [0.2, 0.25) is 5.91 Å². The SMILES string of the molecule is CCOC(=O)C1CCCN(C(=O)CN(C)C(=O)c2cnc3c(cnn3C(C)C)c2)C1. The number of esters is 1. The second-order valence-electron chi connectivity index (χ2n) is 7.91. The Kier molecular flexibility index (Phi) is 6.69. The third-order valence-corrected chi connectivity index (χ3v) is 5.28. The molecular weight excluding hydrogens is 386 g/mol. The maximum absolute atomic E-state index is 12.8. The number of amides is 2. The molecule has 0 bridgehead atoms. The summed E-state index contributed by atoms with van der Waals surface area (Å²) in [5.41, 5.74) is 1.13. The van der Waals surface area contributed by atoms with Crippen LogP contribution >= 0.6 is 0 Å².